The third-order valence-corrected chi connectivity index (χ3v) is 8.27. The maximum Gasteiger partial charge on any atom is 0.320 e. The fourth-order valence-corrected chi connectivity index (χ4v) is 5.77. The third-order valence-electron chi connectivity index (χ3n) is 8.27. The predicted molar refractivity (Wildman–Crippen MR) is 198 cm³/mol. The molecule has 0 aromatic rings. The van der Waals surface area contributed by atoms with E-state index in [1.165, 1.54) is 0 Å². The Labute approximate surface area is 320 Å². The number of ether oxygens (including phenoxy) is 4. The molecule has 0 saturated carbocycles. The van der Waals surface area contributed by atoms with Crippen LogP contribution in [0.2, 0.25) is 0 Å². The van der Waals surface area contributed by atoms with Gasteiger partial charge in [-0.25, -0.2) is 0 Å². The zero-order valence-corrected chi connectivity index (χ0v) is 33.8. The van der Waals surface area contributed by atoms with Crippen molar-refractivity contribution in [1.82, 2.24) is 30.2 Å². The second-order valence-corrected chi connectivity index (χ2v) is 17.0. The Bertz CT molecular complexity index is 1140. The summed E-state index contributed by atoms with van der Waals surface area (Å²) < 4.78 is 22.0. The van der Waals surface area contributed by atoms with Gasteiger partial charge in [-0.1, -0.05) is 0 Å². The van der Waals surface area contributed by atoms with Gasteiger partial charge in [0, 0.05) is 72.0 Å². The molecule has 0 aliphatic carbocycles. The number of hydrogen-bond donors (Lipinski definition) is 6. The van der Waals surface area contributed by atoms with E-state index in [0.29, 0.717) is 58.9 Å². The first kappa shape index (κ1) is 47.6. The van der Waals surface area contributed by atoms with E-state index in [0.717, 1.165) is 0 Å². The number of aliphatic hydroxyl groups excluding tert-OH is 4. The van der Waals surface area contributed by atoms with Crippen LogP contribution in [0, 0.1) is 0 Å². The van der Waals surface area contributed by atoms with Gasteiger partial charge in [0.15, 0.2) is 6.29 Å². The standard InChI is InChI=1S/C36H68N6O12/c1-34(2,3)52-27(44)22-40-14-12-39(21-26(43)38-11-10-37-20-25-30(47)31(48)32(49)33(50)51-25)13-15-41(23-28(45)53-35(4,5)6)17-19-42(18-16-40)24-29(46)54-36(7,8)9/h25,30-33,37,47-50H,10-24H2,1-9H3,(H,38,43)/t25?,30-,31+,32?,33-/m1/s1. The van der Waals surface area contributed by atoms with E-state index in [4.69, 9.17) is 18.9 Å². The van der Waals surface area contributed by atoms with E-state index >= 15 is 0 Å². The molecule has 54 heavy (non-hydrogen) atoms. The Morgan fingerprint density at radius 2 is 0.907 bits per heavy atom. The van der Waals surface area contributed by atoms with Crippen LogP contribution < -0.4 is 10.6 Å². The minimum atomic E-state index is -1.63. The Morgan fingerprint density at radius 3 is 1.26 bits per heavy atom. The molecule has 6 N–H and O–H groups in total. The minimum absolute atomic E-state index is 0.0143. The molecule has 0 aromatic heterocycles. The second kappa shape index (κ2) is 21.7. The van der Waals surface area contributed by atoms with Crippen LogP contribution in [0.25, 0.3) is 0 Å². The van der Waals surface area contributed by atoms with Crippen LogP contribution in [0.4, 0.5) is 0 Å². The molecule has 2 heterocycles. The molecule has 18 heteroatoms. The van der Waals surface area contributed by atoms with Crippen molar-refractivity contribution in [2.75, 3.05) is 98.2 Å². The normalized spacial score (nSPS) is 25.2. The number of hydrogen-bond acceptors (Lipinski definition) is 17. The number of carbonyl (C=O) groups is 4. The first-order valence-electron chi connectivity index (χ1n) is 18.8. The summed E-state index contributed by atoms with van der Waals surface area (Å²) in [5, 5.41) is 45.3. The number of aliphatic hydroxyl groups is 4. The van der Waals surface area contributed by atoms with Crippen LogP contribution in [0.5, 0.6) is 0 Å². The van der Waals surface area contributed by atoms with Gasteiger partial charge in [-0.3, -0.25) is 38.8 Å². The van der Waals surface area contributed by atoms with E-state index in [1.807, 2.05) is 40.4 Å². The number of rotatable bonds is 13. The van der Waals surface area contributed by atoms with E-state index in [2.05, 4.69) is 10.6 Å². The van der Waals surface area contributed by atoms with Crippen molar-refractivity contribution in [3.05, 3.63) is 0 Å². The van der Waals surface area contributed by atoms with Crippen molar-refractivity contribution in [1.29, 1.82) is 0 Å². The molecular formula is C36H68N6O12. The molecule has 0 aromatic carbocycles. The molecule has 2 saturated heterocycles. The summed E-state index contributed by atoms with van der Waals surface area (Å²) in [7, 11) is 0. The lowest BCUT2D eigenvalue weighted by Crippen LogP contribution is -2.59. The summed E-state index contributed by atoms with van der Waals surface area (Å²) in [4.78, 5) is 59.6. The third kappa shape index (κ3) is 19.9. The quantitative estimate of drug-likeness (QED) is 0.0660. The molecule has 2 fully saturated rings. The van der Waals surface area contributed by atoms with Crippen molar-refractivity contribution >= 4 is 23.8 Å². The molecular weight excluding hydrogens is 708 g/mol. The fourth-order valence-electron chi connectivity index (χ4n) is 5.77. The van der Waals surface area contributed by atoms with E-state index in [1.54, 1.807) is 41.5 Å². The Morgan fingerprint density at radius 1 is 0.556 bits per heavy atom. The monoisotopic (exact) mass is 776 g/mol. The first-order chi connectivity index (χ1) is 24.9. The maximum atomic E-state index is 13.1. The molecule has 0 radical (unpaired) electrons. The van der Waals surface area contributed by atoms with Gasteiger partial charge >= 0.3 is 17.9 Å². The molecule has 2 aliphatic rings. The topological polar surface area (TPSA) is 223 Å². The molecule has 5 atom stereocenters. The summed E-state index contributed by atoms with van der Waals surface area (Å²) in [6.45, 7) is 20.2. The lowest BCUT2D eigenvalue weighted by atomic mass is 9.99. The maximum absolute atomic E-state index is 13.1. The highest BCUT2D eigenvalue weighted by Crippen LogP contribution is 2.19. The zero-order chi connectivity index (χ0) is 40.9. The Balaban J connectivity index is 2.14. The van der Waals surface area contributed by atoms with Gasteiger partial charge in [0.05, 0.1) is 26.2 Å². The SMILES string of the molecule is CC(C)(C)OC(=O)CN1CCN(CC(=O)NCCNCC2O[C@@H](O)C(O)[C@@H](O)[C@@H]2O)CCN(CC(=O)OC(C)(C)C)CCN(CC(=O)OC(C)(C)C)CC1. The Hall–Kier alpha value is -2.52. The summed E-state index contributed by atoms with van der Waals surface area (Å²) in [6, 6.07) is 0. The van der Waals surface area contributed by atoms with Crippen LogP contribution in [0.1, 0.15) is 62.3 Å². The largest absolute Gasteiger partial charge is 0.459 e. The smallest absolute Gasteiger partial charge is 0.320 e. The van der Waals surface area contributed by atoms with Gasteiger partial charge in [0.1, 0.15) is 41.2 Å². The van der Waals surface area contributed by atoms with Crippen molar-refractivity contribution in [3.63, 3.8) is 0 Å². The molecule has 0 bridgehead atoms. The van der Waals surface area contributed by atoms with Gasteiger partial charge < -0.3 is 50.0 Å². The molecule has 2 unspecified atom stereocenters. The van der Waals surface area contributed by atoms with Crippen molar-refractivity contribution in [2.24, 2.45) is 0 Å². The number of nitrogens with zero attached hydrogens (tertiary/aromatic N) is 4. The average molecular weight is 777 g/mol. The van der Waals surface area contributed by atoms with Crippen LogP contribution in [0.15, 0.2) is 0 Å². The van der Waals surface area contributed by atoms with Gasteiger partial charge in [-0.2, -0.15) is 0 Å². The van der Waals surface area contributed by atoms with E-state index in [-0.39, 0.29) is 63.1 Å². The highest BCUT2D eigenvalue weighted by atomic mass is 16.6. The number of carbonyl (C=O) groups excluding carboxylic acids is 4. The number of nitrogens with one attached hydrogen (secondary N) is 2. The highest BCUT2D eigenvalue weighted by Gasteiger charge is 2.42. The van der Waals surface area contributed by atoms with Crippen molar-refractivity contribution in [3.8, 4) is 0 Å². The summed E-state index contributed by atoms with van der Waals surface area (Å²) in [5.74, 6) is -1.41. The fraction of sp³-hybridized carbons (Fsp3) is 0.889. The minimum Gasteiger partial charge on any atom is -0.459 e. The summed E-state index contributed by atoms with van der Waals surface area (Å²) >= 11 is 0. The molecule has 2 rings (SSSR count). The van der Waals surface area contributed by atoms with Crippen molar-refractivity contribution < 1.29 is 58.6 Å². The molecule has 2 aliphatic heterocycles. The second-order valence-electron chi connectivity index (χ2n) is 17.0. The molecule has 314 valence electrons. The summed E-state index contributed by atoms with van der Waals surface area (Å²) in [5.41, 5.74) is -2.00. The lowest BCUT2D eigenvalue weighted by molar-refractivity contribution is -0.280. The summed E-state index contributed by atoms with van der Waals surface area (Å²) in [6.07, 6.45) is -7.18. The first-order valence-corrected chi connectivity index (χ1v) is 18.8. The molecule has 1 amide bonds. The van der Waals surface area contributed by atoms with Crippen LogP contribution in [-0.2, 0) is 38.1 Å². The Kier molecular flexibility index (Phi) is 19.1. The predicted octanol–water partition coefficient (Wildman–Crippen LogP) is -2.26. The molecule has 18 nitrogen and oxygen atoms in total. The van der Waals surface area contributed by atoms with E-state index < -0.39 is 47.5 Å². The zero-order valence-electron chi connectivity index (χ0n) is 33.8. The van der Waals surface area contributed by atoms with E-state index in [9.17, 15) is 39.6 Å². The lowest BCUT2D eigenvalue weighted by Gasteiger charge is -2.38. The molecule has 0 spiro atoms. The number of amides is 1. The van der Waals surface area contributed by atoms with Crippen molar-refractivity contribution in [2.45, 2.75) is 110 Å². The van der Waals surface area contributed by atoms with Crippen LogP contribution in [-0.4, -0.2) is 210 Å². The van der Waals surface area contributed by atoms with Crippen LogP contribution in [0.3, 0.4) is 0 Å². The number of esters is 3. The van der Waals surface area contributed by atoms with Crippen LogP contribution >= 0.6 is 0 Å². The van der Waals surface area contributed by atoms with Gasteiger partial charge in [0.2, 0.25) is 5.91 Å². The van der Waals surface area contributed by atoms with Gasteiger partial charge in [-0.15, -0.1) is 0 Å². The highest BCUT2D eigenvalue weighted by molar-refractivity contribution is 5.78. The van der Waals surface area contributed by atoms with Gasteiger partial charge in [-0.05, 0) is 62.3 Å². The average Bonchev–Trinajstić information content (AvgIpc) is 3.00. The van der Waals surface area contributed by atoms with Gasteiger partial charge in [0.25, 0.3) is 0 Å².